The number of hydrogen-bond donors (Lipinski definition) is 1. The van der Waals surface area contributed by atoms with E-state index < -0.39 is 0 Å². The molecule has 1 aliphatic carbocycles. The van der Waals surface area contributed by atoms with Crippen LogP contribution < -0.4 is 10.1 Å². The van der Waals surface area contributed by atoms with Crippen LogP contribution >= 0.6 is 0 Å². The standard InChI is InChI=1S/C16H23NO2/c1-12-4-3-5-14(10-12)17-16(18)11-13-6-8-15(19-2)9-7-13/h6-9,12,14H,3-5,10-11H2,1-2H3,(H,17,18). The van der Waals surface area contributed by atoms with Gasteiger partial charge in [0.05, 0.1) is 13.5 Å². The lowest BCUT2D eigenvalue weighted by Crippen LogP contribution is -2.38. The van der Waals surface area contributed by atoms with Crippen LogP contribution in [0.5, 0.6) is 5.75 Å². The number of carbonyl (C=O) groups excluding carboxylic acids is 1. The van der Waals surface area contributed by atoms with Gasteiger partial charge in [-0.25, -0.2) is 0 Å². The Hall–Kier alpha value is -1.51. The van der Waals surface area contributed by atoms with Crippen molar-refractivity contribution in [3.63, 3.8) is 0 Å². The zero-order chi connectivity index (χ0) is 13.7. The number of nitrogens with one attached hydrogen (secondary N) is 1. The third kappa shape index (κ3) is 4.27. The van der Waals surface area contributed by atoms with Crippen molar-refractivity contribution in [2.45, 2.75) is 45.1 Å². The van der Waals surface area contributed by atoms with Crippen LogP contribution in [0.4, 0.5) is 0 Å². The molecule has 1 saturated carbocycles. The smallest absolute Gasteiger partial charge is 0.224 e. The van der Waals surface area contributed by atoms with Crippen molar-refractivity contribution in [2.75, 3.05) is 7.11 Å². The number of ether oxygens (including phenoxy) is 1. The van der Waals surface area contributed by atoms with E-state index in [9.17, 15) is 4.79 Å². The predicted molar refractivity (Wildman–Crippen MR) is 76.3 cm³/mol. The molecule has 0 spiro atoms. The molecule has 0 aromatic heterocycles. The number of rotatable bonds is 4. The first-order valence-corrected chi connectivity index (χ1v) is 7.09. The predicted octanol–water partition coefficient (Wildman–Crippen LogP) is 2.93. The first-order chi connectivity index (χ1) is 9.17. The fraction of sp³-hybridized carbons (Fsp3) is 0.562. The fourth-order valence-electron chi connectivity index (χ4n) is 2.77. The van der Waals surface area contributed by atoms with Crippen molar-refractivity contribution in [1.82, 2.24) is 5.32 Å². The van der Waals surface area contributed by atoms with Gasteiger partial charge in [0.25, 0.3) is 0 Å². The van der Waals surface area contributed by atoms with Gasteiger partial charge in [-0.05, 0) is 36.5 Å². The van der Waals surface area contributed by atoms with Gasteiger partial charge in [-0.1, -0.05) is 31.9 Å². The van der Waals surface area contributed by atoms with Crippen LogP contribution in [0.25, 0.3) is 0 Å². The van der Waals surface area contributed by atoms with Crippen LogP contribution in [0.2, 0.25) is 0 Å². The van der Waals surface area contributed by atoms with Crippen LogP contribution in [0.1, 0.15) is 38.2 Å². The van der Waals surface area contributed by atoms with Crippen molar-refractivity contribution in [3.05, 3.63) is 29.8 Å². The molecular formula is C16H23NO2. The summed E-state index contributed by atoms with van der Waals surface area (Å²) in [5, 5.41) is 3.16. The lowest BCUT2D eigenvalue weighted by molar-refractivity contribution is -0.121. The van der Waals surface area contributed by atoms with Gasteiger partial charge in [0, 0.05) is 6.04 Å². The van der Waals surface area contributed by atoms with Crippen molar-refractivity contribution < 1.29 is 9.53 Å². The van der Waals surface area contributed by atoms with Gasteiger partial charge in [0.2, 0.25) is 5.91 Å². The van der Waals surface area contributed by atoms with Crippen molar-refractivity contribution in [2.24, 2.45) is 5.92 Å². The Morgan fingerprint density at radius 1 is 1.32 bits per heavy atom. The van der Waals surface area contributed by atoms with Gasteiger partial charge in [0.15, 0.2) is 0 Å². The minimum atomic E-state index is 0.129. The summed E-state index contributed by atoms with van der Waals surface area (Å²) in [6.07, 6.45) is 5.22. The average molecular weight is 261 g/mol. The third-order valence-corrected chi connectivity index (χ3v) is 3.83. The van der Waals surface area contributed by atoms with Crippen LogP contribution in [-0.2, 0) is 11.2 Å². The summed E-state index contributed by atoms with van der Waals surface area (Å²) >= 11 is 0. The quantitative estimate of drug-likeness (QED) is 0.905. The Bertz CT molecular complexity index is 413. The number of hydrogen-bond acceptors (Lipinski definition) is 2. The number of benzene rings is 1. The Morgan fingerprint density at radius 2 is 2.05 bits per heavy atom. The maximum Gasteiger partial charge on any atom is 0.224 e. The van der Waals surface area contributed by atoms with Gasteiger partial charge in [0.1, 0.15) is 5.75 Å². The van der Waals surface area contributed by atoms with E-state index in [-0.39, 0.29) is 5.91 Å². The lowest BCUT2D eigenvalue weighted by atomic mass is 9.87. The molecule has 0 heterocycles. The molecule has 0 saturated heterocycles. The molecule has 0 bridgehead atoms. The van der Waals surface area contributed by atoms with Crippen LogP contribution in [0.15, 0.2) is 24.3 Å². The second kappa shape index (κ2) is 6.60. The first kappa shape index (κ1) is 13.9. The van der Waals surface area contributed by atoms with E-state index in [1.807, 2.05) is 24.3 Å². The minimum absolute atomic E-state index is 0.129. The molecule has 2 unspecified atom stereocenters. The highest BCUT2D eigenvalue weighted by Gasteiger charge is 2.20. The fourth-order valence-corrected chi connectivity index (χ4v) is 2.77. The van der Waals surface area contributed by atoms with E-state index in [0.717, 1.165) is 30.1 Å². The van der Waals surface area contributed by atoms with Crippen LogP contribution in [0.3, 0.4) is 0 Å². The van der Waals surface area contributed by atoms with Crippen molar-refractivity contribution >= 4 is 5.91 Å². The van der Waals surface area contributed by atoms with Crippen LogP contribution in [0, 0.1) is 5.92 Å². The molecule has 1 N–H and O–H groups in total. The van der Waals surface area contributed by atoms with Gasteiger partial charge in [-0.2, -0.15) is 0 Å². The summed E-state index contributed by atoms with van der Waals surface area (Å²) in [6.45, 7) is 2.27. The normalized spacial score (nSPS) is 22.8. The molecule has 19 heavy (non-hydrogen) atoms. The summed E-state index contributed by atoms with van der Waals surface area (Å²) in [5.41, 5.74) is 1.03. The SMILES string of the molecule is COc1ccc(CC(=O)NC2CCCC(C)C2)cc1. The average Bonchev–Trinajstić information content (AvgIpc) is 2.39. The Kier molecular flexibility index (Phi) is 4.83. The highest BCUT2D eigenvalue weighted by Crippen LogP contribution is 2.23. The van der Waals surface area contributed by atoms with Gasteiger partial charge >= 0.3 is 0 Å². The molecule has 0 aliphatic heterocycles. The number of carbonyl (C=O) groups is 1. The third-order valence-electron chi connectivity index (χ3n) is 3.83. The molecule has 0 radical (unpaired) electrons. The van der Waals surface area contributed by atoms with E-state index in [1.165, 1.54) is 12.8 Å². The van der Waals surface area contributed by atoms with E-state index in [4.69, 9.17) is 4.74 Å². The maximum absolute atomic E-state index is 12.0. The lowest BCUT2D eigenvalue weighted by Gasteiger charge is -2.27. The second-order valence-corrected chi connectivity index (χ2v) is 5.56. The molecule has 1 fully saturated rings. The summed E-state index contributed by atoms with van der Waals surface area (Å²) in [6, 6.07) is 8.05. The van der Waals surface area contributed by atoms with E-state index in [0.29, 0.717) is 12.5 Å². The Balaban J connectivity index is 1.83. The molecule has 2 atom stereocenters. The first-order valence-electron chi connectivity index (χ1n) is 7.09. The summed E-state index contributed by atoms with van der Waals surface area (Å²) in [5.74, 6) is 1.69. The molecule has 3 nitrogen and oxygen atoms in total. The zero-order valence-electron chi connectivity index (χ0n) is 11.8. The number of amides is 1. The molecule has 1 aliphatic rings. The Labute approximate surface area is 115 Å². The summed E-state index contributed by atoms with van der Waals surface area (Å²) < 4.78 is 5.11. The van der Waals surface area contributed by atoms with Gasteiger partial charge in [-0.3, -0.25) is 4.79 Å². The molecule has 104 valence electrons. The minimum Gasteiger partial charge on any atom is -0.497 e. The van der Waals surface area contributed by atoms with Crippen molar-refractivity contribution in [1.29, 1.82) is 0 Å². The molecule has 3 heteroatoms. The van der Waals surface area contributed by atoms with E-state index >= 15 is 0 Å². The second-order valence-electron chi connectivity index (χ2n) is 5.56. The molecule has 1 amide bonds. The van der Waals surface area contributed by atoms with Crippen LogP contribution in [-0.4, -0.2) is 19.1 Å². The highest BCUT2D eigenvalue weighted by atomic mass is 16.5. The maximum atomic E-state index is 12.0. The molecule has 1 aromatic rings. The molecule has 2 rings (SSSR count). The number of methoxy groups -OCH3 is 1. The molecule has 1 aromatic carbocycles. The van der Waals surface area contributed by atoms with Crippen molar-refractivity contribution in [3.8, 4) is 5.75 Å². The van der Waals surface area contributed by atoms with Gasteiger partial charge in [-0.15, -0.1) is 0 Å². The van der Waals surface area contributed by atoms with E-state index in [2.05, 4.69) is 12.2 Å². The van der Waals surface area contributed by atoms with Gasteiger partial charge < -0.3 is 10.1 Å². The summed E-state index contributed by atoms with van der Waals surface area (Å²) in [4.78, 5) is 12.0. The molecular weight excluding hydrogens is 238 g/mol. The largest absolute Gasteiger partial charge is 0.497 e. The van der Waals surface area contributed by atoms with E-state index in [1.54, 1.807) is 7.11 Å². The topological polar surface area (TPSA) is 38.3 Å². The Morgan fingerprint density at radius 3 is 2.68 bits per heavy atom. The zero-order valence-corrected chi connectivity index (χ0v) is 11.8. The highest BCUT2D eigenvalue weighted by molar-refractivity contribution is 5.78. The monoisotopic (exact) mass is 261 g/mol. The summed E-state index contributed by atoms with van der Waals surface area (Å²) in [7, 11) is 1.64.